The Balaban J connectivity index is 1.31. The fourth-order valence-corrected chi connectivity index (χ4v) is 5.22. The Bertz CT molecular complexity index is 860. The van der Waals surface area contributed by atoms with Crippen LogP contribution in [0.3, 0.4) is 0 Å². The van der Waals surface area contributed by atoms with Gasteiger partial charge in [-0.1, -0.05) is 6.07 Å². The maximum Gasteiger partial charge on any atom is 0.244 e. The number of ether oxygens (including phenoxy) is 1. The van der Waals surface area contributed by atoms with Crippen LogP contribution >= 0.6 is 0 Å². The summed E-state index contributed by atoms with van der Waals surface area (Å²) in [7, 11) is -3.40. The summed E-state index contributed by atoms with van der Waals surface area (Å²) in [5, 5.41) is 0. The Kier molecular flexibility index (Phi) is 5.77. The van der Waals surface area contributed by atoms with Crippen LogP contribution in [0, 0.1) is 5.92 Å². The molecule has 2 saturated heterocycles. The van der Waals surface area contributed by atoms with E-state index < -0.39 is 10.0 Å². The zero-order valence-electron chi connectivity index (χ0n) is 15.9. The van der Waals surface area contributed by atoms with E-state index in [0.717, 1.165) is 44.6 Å². The molecule has 0 amide bonds. The highest BCUT2D eigenvalue weighted by atomic mass is 32.2. The molecule has 2 aromatic heterocycles. The second-order valence-corrected chi connectivity index (χ2v) is 9.31. The quantitative estimate of drug-likeness (QED) is 0.739. The smallest absolute Gasteiger partial charge is 0.244 e. The van der Waals surface area contributed by atoms with Crippen LogP contribution in [0.2, 0.25) is 0 Å². The lowest BCUT2D eigenvalue weighted by Gasteiger charge is -2.32. The average Bonchev–Trinajstić information content (AvgIpc) is 3.29. The number of hydrogen-bond acceptors (Lipinski definition) is 6. The van der Waals surface area contributed by atoms with Gasteiger partial charge in [0.15, 0.2) is 0 Å². The Morgan fingerprint density at radius 1 is 1.00 bits per heavy atom. The number of pyridine rings is 2. The molecule has 0 spiro atoms. The van der Waals surface area contributed by atoms with Gasteiger partial charge in [-0.05, 0) is 49.8 Å². The lowest BCUT2D eigenvalue weighted by atomic mass is 9.98. The molecule has 0 radical (unpaired) electrons. The molecule has 0 N–H and O–H groups in total. The second kappa shape index (κ2) is 8.45. The highest BCUT2D eigenvalue weighted by Gasteiger charge is 2.28. The summed E-state index contributed by atoms with van der Waals surface area (Å²) in [6, 6.07) is 9.18. The Labute approximate surface area is 166 Å². The minimum Gasteiger partial charge on any atom is -0.477 e. The minimum absolute atomic E-state index is 0.289. The summed E-state index contributed by atoms with van der Waals surface area (Å²) < 4.78 is 32.5. The van der Waals surface area contributed by atoms with Crippen molar-refractivity contribution in [2.75, 3.05) is 37.7 Å². The molecule has 150 valence electrons. The van der Waals surface area contributed by atoms with E-state index in [2.05, 4.69) is 14.9 Å². The van der Waals surface area contributed by atoms with Crippen LogP contribution in [-0.4, -0.2) is 55.5 Å². The van der Waals surface area contributed by atoms with E-state index in [9.17, 15) is 8.42 Å². The largest absolute Gasteiger partial charge is 0.477 e. The summed E-state index contributed by atoms with van der Waals surface area (Å²) in [6.45, 7) is 3.67. The van der Waals surface area contributed by atoms with E-state index in [0.29, 0.717) is 31.5 Å². The summed E-state index contributed by atoms with van der Waals surface area (Å²) in [4.78, 5) is 11.1. The van der Waals surface area contributed by atoms with Crippen LogP contribution in [0.1, 0.15) is 25.7 Å². The molecule has 0 aromatic carbocycles. The van der Waals surface area contributed by atoms with E-state index >= 15 is 0 Å². The number of hydrogen-bond donors (Lipinski definition) is 0. The van der Waals surface area contributed by atoms with Gasteiger partial charge in [0.1, 0.15) is 10.7 Å². The van der Waals surface area contributed by atoms with Gasteiger partial charge >= 0.3 is 0 Å². The molecule has 28 heavy (non-hydrogen) atoms. The van der Waals surface area contributed by atoms with Crippen molar-refractivity contribution in [2.24, 2.45) is 5.92 Å². The van der Waals surface area contributed by atoms with E-state index in [1.807, 2.05) is 24.3 Å². The monoisotopic (exact) mass is 402 g/mol. The normalized spacial score (nSPS) is 19.1. The van der Waals surface area contributed by atoms with Crippen molar-refractivity contribution in [3.05, 3.63) is 42.7 Å². The summed E-state index contributed by atoms with van der Waals surface area (Å²) >= 11 is 0. The SMILES string of the molecule is O=S(=O)(c1ccc(N2CCC(COc3ccccn3)CC2)nc1)N1CCCC1. The second-order valence-electron chi connectivity index (χ2n) is 7.37. The number of anilines is 1. The predicted molar refractivity (Wildman–Crippen MR) is 107 cm³/mol. The maximum absolute atomic E-state index is 12.6. The molecule has 0 unspecified atom stereocenters. The van der Waals surface area contributed by atoms with E-state index in [-0.39, 0.29) is 4.90 Å². The van der Waals surface area contributed by atoms with E-state index in [4.69, 9.17) is 4.74 Å². The van der Waals surface area contributed by atoms with Gasteiger partial charge < -0.3 is 9.64 Å². The predicted octanol–water partition coefficient (Wildman–Crippen LogP) is 2.56. The highest BCUT2D eigenvalue weighted by Crippen LogP contribution is 2.25. The first kappa shape index (κ1) is 19.1. The van der Waals surface area contributed by atoms with Gasteiger partial charge in [-0.3, -0.25) is 0 Å². The van der Waals surface area contributed by atoms with Crippen molar-refractivity contribution in [1.82, 2.24) is 14.3 Å². The fourth-order valence-electron chi connectivity index (χ4n) is 3.75. The fraction of sp³-hybridized carbons (Fsp3) is 0.500. The van der Waals surface area contributed by atoms with E-state index in [1.54, 1.807) is 16.6 Å². The molecule has 0 atom stereocenters. The van der Waals surface area contributed by atoms with Gasteiger partial charge in [-0.25, -0.2) is 18.4 Å². The first-order chi connectivity index (χ1) is 13.6. The van der Waals surface area contributed by atoms with Gasteiger partial charge in [-0.2, -0.15) is 4.31 Å². The molecular formula is C20H26N4O3S. The average molecular weight is 403 g/mol. The number of piperidine rings is 1. The van der Waals surface area contributed by atoms with Crippen LogP contribution in [-0.2, 0) is 10.0 Å². The topological polar surface area (TPSA) is 75.6 Å². The third kappa shape index (κ3) is 4.28. The molecule has 4 heterocycles. The van der Waals surface area contributed by atoms with Gasteiger partial charge in [0.05, 0.1) is 6.61 Å². The number of sulfonamides is 1. The van der Waals surface area contributed by atoms with Gasteiger partial charge in [-0.15, -0.1) is 0 Å². The van der Waals surface area contributed by atoms with Crippen LogP contribution in [0.5, 0.6) is 5.88 Å². The minimum atomic E-state index is -3.40. The maximum atomic E-state index is 12.6. The molecule has 4 rings (SSSR count). The van der Waals surface area contributed by atoms with Gasteiger partial charge in [0.25, 0.3) is 0 Å². The van der Waals surface area contributed by atoms with Crippen molar-refractivity contribution < 1.29 is 13.2 Å². The molecule has 2 aliphatic rings. The van der Waals surface area contributed by atoms with E-state index in [1.165, 1.54) is 6.20 Å². The summed E-state index contributed by atoms with van der Waals surface area (Å²) in [6.07, 6.45) is 7.13. The van der Waals surface area contributed by atoms with Crippen molar-refractivity contribution in [2.45, 2.75) is 30.6 Å². The van der Waals surface area contributed by atoms with Crippen molar-refractivity contribution in [3.63, 3.8) is 0 Å². The highest BCUT2D eigenvalue weighted by molar-refractivity contribution is 7.89. The van der Waals surface area contributed by atoms with Crippen LogP contribution < -0.4 is 9.64 Å². The molecule has 7 nitrogen and oxygen atoms in total. The molecule has 8 heteroatoms. The molecule has 0 bridgehead atoms. The third-order valence-electron chi connectivity index (χ3n) is 5.47. The van der Waals surface area contributed by atoms with Crippen molar-refractivity contribution >= 4 is 15.8 Å². The Morgan fingerprint density at radius 2 is 1.79 bits per heavy atom. The van der Waals surface area contributed by atoms with Crippen LogP contribution in [0.15, 0.2) is 47.6 Å². The number of aromatic nitrogens is 2. The molecule has 2 fully saturated rings. The molecule has 0 saturated carbocycles. The van der Waals surface area contributed by atoms with Crippen molar-refractivity contribution in [3.8, 4) is 5.88 Å². The number of rotatable bonds is 6. The first-order valence-electron chi connectivity index (χ1n) is 9.88. The van der Waals surface area contributed by atoms with Crippen molar-refractivity contribution in [1.29, 1.82) is 0 Å². The number of nitrogens with zero attached hydrogens (tertiary/aromatic N) is 4. The molecule has 0 aliphatic carbocycles. The Hall–Kier alpha value is -2.19. The zero-order valence-corrected chi connectivity index (χ0v) is 16.7. The van der Waals surface area contributed by atoms with Crippen LogP contribution in [0.25, 0.3) is 0 Å². The summed E-state index contributed by atoms with van der Waals surface area (Å²) in [5.41, 5.74) is 0. The van der Waals surface area contributed by atoms with Gasteiger partial charge in [0, 0.05) is 44.6 Å². The molecule has 2 aromatic rings. The Morgan fingerprint density at radius 3 is 2.43 bits per heavy atom. The standard InChI is InChI=1S/C20H26N4O3S/c25-28(26,24-11-3-4-12-24)18-6-7-19(22-15-18)23-13-8-17(9-14-23)16-27-20-5-1-2-10-21-20/h1-2,5-7,10,15,17H,3-4,8-9,11-14,16H2. The lowest BCUT2D eigenvalue weighted by Crippen LogP contribution is -2.36. The van der Waals surface area contributed by atoms with Crippen LogP contribution in [0.4, 0.5) is 5.82 Å². The first-order valence-corrected chi connectivity index (χ1v) is 11.3. The summed E-state index contributed by atoms with van der Waals surface area (Å²) in [5.74, 6) is 2.00. The molecular weight excluding hydrogens is 376 g/mol. The van der Waals surface area contributed by atoms with Gasteiger partial charge in [0.2, 0.25) is 15.9 Å². The zero-order chi connectivity index (χ0) is 19.4. The third-order valence-corrected chi connectivity index (χ3v) is 7.35. The lowest BCUT2D eigenvalue weighted by molar-refractivity contribution is 0.216. The molecule has 2 aliphatic heterocycles.